The second-order valence-electron chi connectivity index (χ2n) is 3.96. The van der Waals surface area contributed by atoms with Crippen molar-refractivity contribution in [3.8, 4) is 0 Å². The molecule has 70 valence electrons. The lowest BCUT2D eigenvalue weighted by Gasteiger charge is -2.16. The molecule has 0 aromatic heterocycles. The summed E-state index contributed by atoms with van der Waals surface area (Å²) >= 11 is 0. The molecule has 1 rings (SSSR count). The van der Waals surface area contributed by atoms with Crippen molar-refractivity contribution in [1.29, 1.82) is 0 Å². The monoisotopic (exact) mass is 170 g/mol. The maximum absolute atomic E-state index is 11.2. The molecule has 3 nitrogen and oxygen atoms in total. The SMILES string of the molecule is CC1CCC(NC(=O)N(C)C)C1. The number of rotatable bonds is 1. The zero-order chi connectivity index (χ0) is 9.14. The topological polar surface area (TPSA) is 32.3 Å². The van der Waals surface area contributed by atoms with Crippen LogP contribution in [0.1, 0.15) is 26.2 Å². The van der Waals surface area contributed by atoms with Gasteiger partial charge in [0.1, 0.15) is 0 Å². The highest BCUT2D eigenvalue weighted by molar-refractivity contribution is 5.73. The van der Waals surface area contributed by atoms with Gasteiger partial charge in [-0.15, -0.1) is 0 Å². The predicted octanol–water partition coefficient (Wildman–Crippen LogP) is 1.45. The average Bonchev–Trinajstić information content (AvgIpc) is 2.35. The minimum Gasteiger partial charge on any atom is -0.335 e. The molecule has 1 fully saturated rings. The normalized spacial score (nSPS) is 28.6. The Morgan fingerprint density at radius 1 is 1.42 bits per heavy atom. The molecule has 2 atom stereocenters. The first kappa shape index (κ1) is 9.36. The van der Waals surface area contributed by atoms with Crippen LogP contribution in [0.4, 0.5) is 4.79 Å². The van der Waals surface area contributed by atoms with E-state index in [0.717, 1.165) is 18.8 Å². The maximum Gasteiger partial charge on any atom is 0.317 e. The van der Waals surface area contributed by atoms with E-state index in [1.54, 1.807) is 19.0 Å². The molecule has 0 aromatic carbocycles. The zero-order valence-corrected chi connectivity index (χ0v) is 8.13. The Bertz CT molecular complexity index is 168. The molecule has 1 aliphatic carbocycles. The Kier molecular flexibility index (Phi) is 2.95. The molecule has 12 heavy (non-hydrogen) atoms. The Morgan fingerprint density at radius 3 is 2.50 bits per heavy atom. The van der Waals surface area contributed by atoms with Gasteiger partial charge in [-0.2, -0.15) is 0 Å². The quantitative estimate of drug-likeness (QED) is 0.634. The Hall–Kier alpha value is -0.730. The van der Waals surface area contributed by atoms with Gasteiger partial charge in [0.2, 0.25) is 0 Å². The summed E-state index contributed by atoms with van der Waals surface area (Å²) in [6.45, 7) is 2.24. The van der Waals surface area contributed by atoms with Crippen LogP contribution >= 0.6 is 0 Å². The van der Waals surface area contributed by atoms with E-state index in [0.29, 0.717) is 6.04 Å². The maximum atomic E-state index is 11.2. The Labute approximate surface area is 74.1 Å². The van der Waals surface area contributed by atoms with E-state index in [2.05, 4.69) is 12.2 Å². The van der Waals surface area contributed by atoms with Crippen LogP contribution in [0.15, 0.2) is 0 Å². The van der Waals surface area contributed by atoms with E-state index in [1.165, 1.54) is 6.42 Å². The lowest BCUT2D eigenvalue weighted by Crippen LogP contribution is -2.40. The van der Waals surface area contributed by atoms with Crippen LogP contribution in [0, 0.1) is 5.92 Å². The van der Waals surface area contributed by atoms with Crippen LogP contribution in [0.25, 0.3) is 0 Å². The van der Waals surface area contributed by atoms with E-state index < -0.39 is 0 Å². The highest BCUT2D eigenvalue weighted by Crippen LogP contribution is 2.24. The average molecular weight is 170 g/mol. The smallest absolute Gasteiger partial charge is 0.317 e. The second-order valence-corrected chi connectivity index (χ2v) is 3.96. The molecule has 1 aliphatic rings. The number of hydrogen-bond donors (Lipinski definition) is 1. The van der Waals surface area contributed by atoms with Crippen molar-refractivity contribution in [2.75, 3.05) is 14.1 Å². The van der Waals surface area contributed by atoms with Crippen molar-refractivity contribution in [3.63, 3.8) is 0 Å². The molecule has 2 unspecified atom stereocenters. The largest absolute Gasteiger partial charge is 0.335 e. The number of urea groups is 1. The summed E-state index contributed by atoms with van der Waals surface area (Å²) in [5.41, 5.74) is 0. The third-order valence-corrected chi connectivity index (χ3v) is 2.43. The van der Waals surface area contributed by atoms with E-state index in [4.69, 9.17) is 0 Å². The van der Waals surface area contributed by atoms with Gasteiger partial charge in [0, 0.05) is 20.1 Å². The van der Waals surface area contributed by atoms with Gasteiger partial charge in [-0.3, -0.25) is 0 Å². The van der Waals surface area contributed by atoms with Gasteiger partial charge in [-0.05, 0) is 25.2 Å². The Morgan fingerprint density at radius 2 is 2.08 bits per heavy atom. The van der Waals surface area contributed by atoms with Crippen molar-refractivity contribution in [2.45, 2.75) is 32.2 Å². The van der Waals surface area contributed by atoms with Crippen molar-refractivity contribution >= 4 is 6.03 Å². The van der Waals surface area contributed by atoms with Gasteiger partial charge in [-0.1, -0.05) is 6.92 Å². The van der Waals surface area contributed by atoms with Gasteiger partial charge >= 0.3 is 6.03 Å². The summed E-state index contributed by atoms with van der Waals surface area (Å²) in [7, 11) is 3.54. The minimum absolute atomic E-state index is 0.0362. The lowest BCUT2D eigenvalue weighted by molar-refractivity contribution is 0.213. The molecule has 0 aliphatic heterocycles. The highest BCUT2D eigenvalue weighted by Gasteiger charge is 2.22. The first-order chi connectivity index (χ1) is 5.59. The van der Waals surface area contributed by atoms with Gasteiger partial charge < -0.3 is 10.2 Å². The molecule has 0 bridgehead atoms. The van der Waals surface area contributed by atoms with Crippen LogP contribution in [-0.4, -0.2) is 31.1 Å². The fourth-order valence-electron chi connectivity index (χ4n) is 1.64. The van der Waals surface area contributed by atoms with Crippen LogP contribution in [-0.2, 0) is 0 Å². The number of carbonyl (C=O) groups is 1. The zero-order valence-electron chi connectivity index (χ0n) is 8.13. The molecule has 0 spiro atoms. The molecule has 0 radical (unpaired) electrons. The molecule has 0 heterocycles. The molecular formula is C9H18N2O. The van der Waals surface area contributed by atoms with Crippen LogP contribution in [0.3, 0.4) is 0 Å². The fraction of sp³-hybridized carbons (Fsp3) is 0.889. The van der Waals surface area contributed by atoms with Crippen molar-refractivity contribution in [2.24, 2.45) is 5.92 Å². The third-order valence-electron chi connectivity index (χ3n) is 2.43. The van der Waals surface area contributed by atoms with Crippen molar-refractivity contribution in [3.05, 3.63) is 0 Å². The first-order valence-corrected chi connectivity index (χ1v) is 4.57. The number of amides is 2. The van der Waals surface area contributed by atoms with Gasteiger partial charge in [0.25, 0.3) is 0 Å². The summed E-state index contributed by atoms with van der Waals surface area (Å²) in [5.74, 6) is 0.775. The Balaban J connectivity index is 2.28. The molecule has 3 heteroatoms. The van der Waals surface area contributed by atoms with Crippen LogP contribution in [0.2, 0.25) is 0 Å². The van der Waals surface area contributed by atoms with Crippen molar-refractivity contribution < 1.29 is 4.79 Å². The van der Waals surface area contributed by atoms with Crippen LogP contribution < -0.4 is 5.32 Å². The molecule has 1 saturated carbocycles. The molecule has 0 aromatic rings. The predicted molar refractivity (Wildman–Crippen MR) is 49.0 cm³/mol. The minimum atomic E-state index is 0.0362. The van der Waals surface area contributed by atoms with E-state index in [-0.39, 0.29) is 6.03 Å². The molecule has 1 N–H and O–H groups in total. The highest BCUT2D eigenvalue weighted by atomic mass is 16.2. The first-order valence-electron chi connectivity index (χ1n) is 4.57. The number of carbonyl (C=O) groups excluding carboxylic acids is 1. The number of nitrogens with one attached hydrogen (secondary N) is 1. The number of hydrogen-bond acceptors (Lipinski definition) is 1. The summed E-state index contributed by atoms with van der Waals surface area (Å²) in [5, 5.41) is 3.00. The molecule has 2 amide bonds. The lowest BCUT2D eigenvalue weighted by atomic mass is 10.1. The third kappa shape index (κ3) is 2.40. The standard InChI is InChI=1S/C9H18N2O/c1-7-4-5-8(6-7)10-9(12)11(2)3/h7-8H,4-6H2,1-3H3,(H,10,12). The molecular weight excluding hydrogens is 152 g/mol. The van der Waals surface area contributed by atoms with Gasteiger partial charge in [-0.25, -0.2) is 4.79 Å². The summed E-state index contributed by atoms with van der Waals surface area (Å²) in [6, 6.07) is 0.448. The second kappa shape index (κ2) is 3.78. The van der Waals surface area contributed by atoms with Gasteiger partial charge in [0.05, 0.1) is 0 Å². The number of nitrogens with zero attached hydrogens (tertiary/aromatic N) is 1. The van der Waals surface area contributed by atoms with Gasteiger partial charge in [0.15, 0.2) is 0 Å². The summed E-state index contributed by atoms with van der Waals surface area (Å²) < 4.78 is 0. The van der Waals surface area contributed by atoms with Crippen molar-refractivity contribution in [1.82, 2.24) is 10.2 Å². The van der Waals surface area contributed by atoms with E-state index >= 15 is 0 Å². The summed E-state index contributed by atoms with van der Waals surface area (Å²) in [4.78, 5) is 12.8. The molecule has 0 saturated heterocycles. The van der Waals surface area contributed by atoms with E-state index in [1.807, 2.05) is 0 Å². The fourth-order valence-corrected chi connectivity index (χ4v) is 1.64. The van der Waals surface area contributed by atoms with E-state index in [9.17, 15) is 4.79 Å². The summed E-state index contributed by atoms with van der Waals surface area (Å²) in [6.07, 6.45) is 3.53. The van der Waals surface area contributed by atoms with Crippen LogP contribution in [0.5, 0.6) is 0 Å².